The second-order valence-electron chi connectivity index (χ2n) is 19.5. The van der Waals surface area contributed by atoms with Crippen LogP contribution in [0.4, 0.5) is 0 Å². The summed E-state index contributed by atoms with van der Waals surface area (Å²) in [5.74, 6) is 5.73. The van der Waals surface area contributed by atoms with E-state index in [-0.39, 0.29) is 11.1 Å². The number of rotatable bonds is 7. The fraction of sp³-hybridized carbons (Fsp3) is 0.733. The summed E-state index contributed by atoms with van der Waals surface area (Å²) in [6.45, 7) is 19.8. The Bertz CT molecular complexity index is 1360. The quantitative estimate of drug-likeness (QED) is 0.295. The number of aliphatic hydroxyl groups excluding tert-OH is 1. The topological polar surface area (TPSA) is 38.7 Å². The Hall–Kier alpha value is -1.46. The molecule has 12 atom stereocenters. The third-order valence-corrected chi connectivity index (χ3v) is 21.1. The molecule has 4 saturated carbocycles. The molecular weight excluding hydrogens is 617 g/mol. The minimum Gasteiger partial charge on any atom is -0.404 e. The van der Waals surface area contributed by atoms with Crippen molar-refractivity contribution in [3.8, 4) is 0 Å². The van der Waals surface area contributed by atoms with Gasteiger partial charge in [0.1, 0.15) is 0 Å². The zero-order valence-electron chi connectivity index (χ0n) is 32.2. The highest BCUT2D eigenvalue weighted by Gasteiger charge is 2.62. The highest BCUT2D eigenvalue weighted by molar-refractivity contribution is 6.99. The van der Waals surface area contributed by atoms with Gasteiger partial charge in [0.2, 0.25) is 0 Å². The first-order valence-corrected chi connectivity index (χ1v) is 22.3. The minimum atomic E-state index is -2.55. The van der Waals surface area contributed by atoms with Crippen LogP contribution < -0.4 is 10.4 Å². The van der Waals surface area contributed by atoms with Crippen LogP contribution in [0.5, 0.6) is 0 Å². The van der Waals surface area contributed by atoms with Gasteiger partial charge in [-0.25, -0.2) is 0 Å². The van der Waals surface area contributed by atoms with Gasteiger partial charge in [-0.1, -0.05) is 116 Å². The maximum Gasteiger partial charge on any atom is 0.261 e. The van der Waals surface area contributed by atoms with Crippen LogP contribution in [-0.2, 0) is 9.16 Å². The van der Waals surface area contributed by atoms with Crippen molar-refractivity contribution < 1.29 is 14.3 Å². The normalized spacial score (nSPS) is 40.3. The van der Waals surface area contributed by atoms with Gasteiger partial charge in [0.05, 0.1) is 6.10 Å². The molecule has 4 heteroatoms. The van der Waals surface area contributed by atoms with E-state index in [1.807, 2.05) is 0 Å². The van der Waals surface area contributed by atoms with Crippen molar-refractivity contribution in [3.05, 3.63) is 60.7 Å². The summed E-state index contributed by atoms with van der Waals surface area (Å²) in [5.41, 5.74) is 0.840. The summed E-state index contributed by atoms with van der Waals surface area (Å²) in [4.78, 5) is 0. The van der Waals surface area contributed by atoms with E-state index in [0.29, 0.717) is 40.6 Å². The van der Waals surface area contributed by atoms with Crippen LogP contribution in [0.15, 0.2) is 60.7 Å². The third-order valence-electron chi connectivity index (χ3n) is 16.0. The van der Waals surface area contributed by atoms with Gasteiger partial charge < -0.3 is 14.3 Å². The van der Waals surface area contributed by atoms with Crippen molar-refractivity contribution >= 4 is 18.7 Å². The molecule has 4 aliphatic carbocycles. The first-order chi connectivity index (χ1) is 23.3. The molecule has 2 aromatic rings. The highest BCUT2D eigenvalue weighted by Crippen LogP contribution is 2.69. The Morgan fingerprint density at radius 1 is 0.755 bits per heavy atom. The summed E-state index contributed by atoms with van der Waals surface area (Å²) in [7, 11) is -2.55. The van der Waals surface area contributed by atoms with Crippen molar-refractivity contribution in [2.45, 2.75) is 150 Å². The van der Waals surface area contributed by atoms with E-state index in [2.05, 4.69) is 116 Å². The maximum absolute atomic E-state index is 10.7. The Morgan fingerprint density at radius 3 is 1.98 bits per heavy atom. The van der Waals surface area contributed by atoms with E-state index in [4.69, 9.17) is 9.16 Å². The standard InChI is InChI=1S/C45H68O3Si/c1-30(2)32-27-41(47-42(46)28-32)31(3)38-21-22-39-37-20-19-33-29-34(23-25-44(33,7)40(37)24-26-45(38,39)8)48-49(43(4,5)6,35-15-11-9-12-16-35)36-17-13-10-14-18-36/h9-18,30-34,37-42,46H,19-29H2,1-8H3/t31-,32+,33-,34-,37-,38+,39-,40-,41+,42?,44-,45+/m0/s1. The molecule has 5 aliphatic rings. The first-order valence-electron chi connectivity index (χ1n) is 20.4. The summed E-state index contributed by atoms with van der Waals surface area (Å²) < 4.78 is 14.1. The van der Waals surface area contributed by atoms with E-state index in [1.54, 1.807) is 0 Å². The molecule has 2 aromatic carbocycles. The minimum absolute atomic E-state index is 0.0224. The lowest BCUT2D eigenvalue weighted by Crippen LogP contribution is -2.68. The lowest BCUT2D eigenvalue weighted by molar-refractivity contribution is -0.205. The highest BCUT2D eigenvalue weighted by atomic mass is 28.4. The summed E-state index contributed by atoms with van der Waals surface area (Å²) in [6, 6.07) is 22.6. The molecule has 0 bridgehead atoms. The van der Waals surface area contributed by atoms with Crippen LogP contribution in [0, 0.1) is 58.2 Å². The lowest BCUT2D eigenvalue weighted by atomic mass is 9.44. The predicted molar refractivity (Wildman–Crippen MR) is 205 cm³/mol. The molecule has 1 saturated heterocycles. The second-order valence-corrected chi connectivity index (χ2v) is 23.8. The fourth-order valence-electron chi connectivity index (χ4n) is 13.3. The molecule has 7 rings (SSSR count). The van der Waals surface area contributed by atoms with Crippen LogP contribution in [0.1, 0.15) is 126 Å². The molecule has 0 aromatic heterocycles. The summed E-state index contributed by atoms with van der Waals surface area (Å²) >= 11 is 0. The summed E-state index contributed by atoms with van der Waals surface area (Å²) in [5, 5.41) is 13.5. The SMILES string of the molecule is CC(C)[C@H]1CC(O)O[C@@H]([C@@H](C)[C@H]2CC[C@H]3[C@@H]4CC[C@H]5C[C@@H](O[Si](c6ccccc6)(c6ccccc6)C(C)(C)C)CC[C@]5(C)[C@H]4CC[C@]23C)C1. The first kappa shape index (κ1) is 35.9. The van der Waals surface area contributed by atoms with Gasteiger partial charge in [-0.05, 0) is 138 Å². The number of hydrogen-bond acceptors (Lipinski definition) is 3. The van der Waals surface area contributed by atoms with Crippen LogP contribution in [0.2, 0.25) is 5.04 Å². The molecule has 1 N–H and O–H groups in total. The van der Waals surface area contributed by atoms with Gasteiger partial charge in [0.15, 0.2) is 6.29 Å². The molecule has 270 valence electrons. The average Bonchev–Trinajstić information content (AvgIpc) is 3.44. The number of benzene rings is 2. The molecule has 1 heterocycles. The van der Waals surface area contributed by atoms with Crippen molar-refractivity contribution in [1.82, 2.24) is 0 Å². The van der Waals surface area contributed by atoms with Crippen molar-refractivity contribution in [3.63, 3.8) is 0 Å². The van der Waals surface area contributed by atoms with Crippen LogP contribution in [-0.4, -0.2) is 31.9 Å². The molecular formula is C45H68O3Si. The van der Waals surface area contributed by atoms with Gasteiger partial charge in [-0.3, -0.25) is 0 Å². The Labute approximate surface area is 300 Å². The number of aliphatic hydroxyl groups is 1. The number of hydrogen-bond donors (Lipinski definition) is 1. The smallest absolute Gasteiger partial charge is 0.261 e. The Morgan fingerprint density at radius 2 is 1.37 bits per heavy atom. The molecule has 0 spiro atoms. The van der Waals surface area contributed by atoms with Gasteiger partial charge >= 0.3 is 0 Å². The molecule has 1 unspecified atom stereocenters. The summed E-state index contributed by atoms with van der Waals surface area (Å²) in [6.07, 6.45) is 13.9. The zero-order valence-corrected chi connectivity index (χ0v) is 33.2. The van der Waals surface area contributed by atoms with E-state index in [0.717, 1.165) is 36.5 Å². The fourth-order valence-corrected chi connectivity index (χ4v) is 18.0. The zero-order chi connectivity index (χ0) is 34.8. The van der Waals surface area contributed by atoms with Crippen LogP contribution >= 0.6 is 0 Å². The third kappa shape index (κ3) is 6.15. The van der Waals surface area contributed by atoms with Crippen LogP contribution in [0.25, 0.3) is 0 Å². The van der Waals surface area contributed by atoms with E-state index >= 15 is 0 Å². The lowest BCUT2D eigenvalue weighted by Gasteiger charge is -2.62. The van der Waals surface area contributed by atoms with Crippen LogP contribution in [0.3, 0.4) is 0 Å². The molecule has 0 amide bonds. The monoisotopic (exact) mass is 684 g/mol. The molecule has 3 nitrogen and oxygen atoms in total. The Balaban J connectivity index is 1.08. The largest absolute Gasteiger partial charge is 0.404 e. The van der Waals surface area contributed by atoms with Crippen molar-refractivity contribution in [2.75, 3.05) is 0 Å². The number of fused-ring (bicyclic) bond motifs is 5. The van der Waals surface area contributed by atoms with Crippen molar-refractivity contribution in [1.29, 1.82) is 0 Å². The number of ether oxygens (including phenoxy) is 1. The molecule has 1 aliphatic heterocycles. The van der Waals surface area contributed by atoms with Gasteiger partial charge in [-0.2, -0.15) is 0 Å². The second kappa shape index (κ2) is 13.5. The van der Waals surface area contributed by atoms with E-state index in [9.17, 15) is 5.11 Å². The van der Waals surface area contributed by atoms with Gasteiger partial charge in [0, 0.05) is 12.5 Å². The Kier molecular flexibility index (Phi) is 9.90. The van der Waals surface area contributed by atoms with Gasteiger partial charge in [-0.15, -0.1) is 0 Å². The van der Waals surface area contributed by atoms with Crippen molar-refractivity contribution in [2.24, 2.45) is 58.2 Å². The molecule has 5 fully saturated rings. The maximum atomic E-state index is 10.7. The van der Waals surface area contributed by atoms with E-state index in [1.165, 1.54) is 68.2 Å². The average molecular weight is 685 g/mol. The van der Waals surface area contributed by atoms with E-state index < -0.39 is 14.6 Å². The molecule has 49 heavy (non-hydrogen) atoms. The van der Waals surface area contributed by atoms with Gasteiger partial charge in [0.25, 0.3) is 8.32 Å². The molecule has 0 radical (unpaired) electrons. The predicted octanol–water partition coefficient (Wildman–Crippen LogP) is 10.00.